The van der Waals surface area contributed by atoms with Gasteiger partial charge in [-0.2, -0.15) is 4.39 Å². The Bertz CT molecular complexity index is 626. The lowest BCUT2D eigenvalue weighted by Crippen LogP contribution is -2.01. The third-order valence-electron chi connectivity index (χ3n) is 2.65. The van der Waals surface area contributed by atoms with Crippen LogP contribution < -0.4 is 5.32 Å². The second-order valence-corrected chi connectivity index (χ2v) is 4.36. The minimum Gasteiger partial charge on any atom is -0.348 e. The summed E-state index contributed by atoms with van der Waals surface area (Å²) >= 11 is 6.03. The van der Waals surface area contributed by atoms with E-state index in [4.69, 9.17) is 11.6 Å². The van der Waals surface area contributed by atoms with Crippen molar-refractivity contribution < 1.29 is 9.31 Å². The number of benzene rings is 2. The minimum atomic E-state index is -0.889. The van der Waals surface area contributed by atoms with E-state index < -0.39 is 16.4 Å². The first kappa shape index (κ1) is 13.3. The number of rotatable bonds is 3. The summed E-state index contributed by atoms with van der Waals surface area (Å²) in [6, 6.07) is 9.10. The molecule has 0 amide bonds. The van der Waals surface area contributed by atoms with Crippen molar-refractivity contribution in [3.05, 3.63) is 62.9 Å². The monoisotopic (exact) mass is 280 g/mol. The number of hydrogen-bond acceptors (Lipinski definition) is 3. The lowest BCUT2D eigenvalue weighted by Gasteiger charge is -2.11. The highest BCUT2D eigenvalue weighted by atomic mass is 35.5. The Balaban J connectivity index is 2.50. The van der Waals surface area contributed by atoms with Gasteiger partial charge in [0.2, 0.25) is 5.82 Å². The molecule has 2 rings (SSSR count). The van der Waals surface area contributed by atoms with Crippen LogP contribution in [-0.2, 0) is 0 Å². The Labute approximate surface area is 114 Å². The smallest absolute Gasteiger partial charge is 0.327 e. The zero-order chi connectivity index (χ0) is 14.0. The van der Waals surface area contributed by atoms with Gasteiger partial charge in [0.05, 0.1) is 15.6 Å². The van der Waals surface area contributed by atoms with E-state index in [9.17, 15) is 14.5 Å². The van der Waals surface area contributed by atoms with Gasteiger partial charge in [0, 0.05) is 0 Å². The number of para-hydroxylation sites is 2. The van der Waals surface area contributed by atoms with Crippen LogP contribution in [0.1, 0.15) is 5.56 Å². The average molecular weight is 281 g/mol. The molecular formula is C13H10ClFN2O2. The molecule has 2 aromatic rings. The van der Waals surface area contributed by atoms with E-state index in [1.165, 1.54) is 12.1 Å². The van der Waals surface area contributed by atoms with Gasteiger partial charge in [-0.1, -0.05) is 29.8 Å². The summed E-state index contributed by atoms with van der Waals surface area (Å²) < 4.78 is 13.5. The fourth-order valence-corrected chi connectivity index (χ4v) is 2.00. The topological polar surface area (TPSA) is 55.2 Å². The first-order valence-corrected chi connectivity index (χ1v) is 5.83. The van der Waals surface area contributed by atoms with Gasteiger partial charge >= 0.3 is 5.69 Å². The van der Waals surface area contributed by atoms with Crippen molar-refractivity contribution in [2.24, 2.45) is 0 Å². The number of nitrogens with one attached hydrogen (secondary N) is 1. The van der Waals surface area contributed by atoms with E-state index in [0.29, 0.717) is 10.7 Å². The van der Waals surface area contributed by atoms with Crippen LogP contribution in [0, 0.1) is 22.9 Å². The number of halogens is 2. The molecule has 0 saturated carbocycles. The molecule has 2 aromatic carbocycles. The van der Waals surface area contributed by atoms with Crippen LogP contribution in [0.3, 0.4) is 0 Å². The maximum absolute atomic E-state index is 13.5. The summed E-state index contributed by atoms with van der Waals surface area (Å²) in [4.78, 5) is 10.1. The quantitative estimate of drug-likeness (QED) is 0.668. The predicted molar refractivity (Wildman–Crippen MR) is 72.5 cm³/mol. The summed E-state index contributed by atoms with van der Waals surface area (Å²) in [5.74, 6) is -0.889. The van der Waals surface area contributed by atoms with Gasteiger partial charge in [0.1, 0.15) is 5.69 Å². The van der Waals surface area contributed by atoms with Gasteiger partial charge in [0.15, 0.2) is 0 Å². The van der Waals surface area contributed by atoms with Crippen LogP contribution in [-0.4, -0.2) is 4.92 Å². The maximum Gasteiger partial charge on any atom is 0.327 e. The average Bonchev–Trinajstić information content (AvgIpc) is 2.33. The van der Waals surface area contributed by atoms with E-state index in [-0.39, 0.29) is 5.69 Å². The van der Waals surface area contributed by atoms with Crippen LogP contribution in [0.15, 0.2) is 36.4 Å². The predicted octanol–water partition coefficient (Wildman–Crippen LogP) is 4.44. The molecule has 0 spiro atoms. The van der Waals surface area contributed by atoms with Gasteiger partial charge in [-0.25, -0.2) is 0 Å². The Morgan fingerprint density at radius 2 is 1.95 bits per heavy atom. The normalized spacial score (nSPS) is 10.3. The zero-order valence-corrected chi connectivity index (χ0v) is 10.7. The standard InChI is InChI=1S/C13H10ClFN2O2/c1-8-4-2-5-9(14)12(8)16-11-7-3-6-10(15)13(11)17(18)19/h2-7,16H,1H3. The highest BCUT2D eigenvalue weighted by Gasteiger charge is 2.20. The van der Waals surface area contributed by atoms with Crippen molar-refractivity contribution in [3.8, 4) is 0 Å². The molecule has 4 nitrogen and oxygen atoms in total. The molecule has 0 bridgehead atoms. The third-order valence-corrected chi connectivity index (χ3v) is 2.97. The number of hydrogen-bond donors (Lipinski definition) is 1. The van der Waals surface area contributed by atoms with Gasteiger partial charge < -0.3 is 5.32 Å². The molecule has 0 aliphatic rings. The zero-order valence-electron chi connectivity index (χ0n) is 9.98. The Morgan fingerprint density at radius 1 is 1.26 bits per heavy atom. The lowest BCUT2D eigenvalue weighted by atomic mass is 10.2. The molecule has 0 aliphatic heterocycles. The van der Waals surface area contributed by atoms with E-state index in [2.05, 4.69) is 5.32 Å². The second-order valence-electron chi connectivity index (χ2n) is 3.95. The van der Waals surface area contributed by atoms with Crippen LogP contribution in [0.4, 0.5) is 21.5 Å². The van der Waals surface area contributed by atoms with Crippen LogP contribution in [0.25, 0.3) is 0 Å². The number of nitro benzene ring substituents is 1. The summed E-state index contributed by atoms with van der Waals surface area (Å²) in [6.45, 7) is 1.80. The summed E-state index contributed by atoms with van der Waals surface area (Å²) in [5, 5.41) is 14.1. The molecule has 0 heterocycles. The highest BCUT2D eigenvalue weighted by Crippen LogP contribution is 2.34. The van der Waals surface area contributed by atoms with Gasteiger partial charge in [-0.15, -0.1) is 0 Å². The largest absolute Gasteiger partial charge is 0.348 e. The number of nitrogens with zero attached hydrogens (tertiary/aromatic N) is 1. The van der Waals surface area contributed by atoms with E-state index >= 15 is 0 Å². The molecule has 0 saturated heterocycles. The van der Waals surface area contributed by atoms with Crippen molar-refractivity contribution in [2.75, 3.05) is 5.32 Å². The number of anilines is 2. The molecule has 0 fully saturated rings. The van der Waals surface area contributed by atoms with Gasteiger partial charge in [-0.05, 0) is 30.7 Å². The van der Waals surface area contributed by atoms with Crippen molar-refractivity contribution in [2.45, 2.75) is 6.92 Å². The molecule has 6 heteroatoms. The van der Waals surface area contributed by atoms with Crippen LogP contribution in [0.5, 0.6) is 0 Å². The summed E-state index contributed by atoms with van der Waals surface area (Å²) in [6.07, 6.45) is 0. The van der Waals surface area contributed by atoms with Gasteiger partial charge in [0.25, 0.3) is 0 Å². The molecule has 19 heavy (non-hydrogen) atoms. The Kier molecular flexibility index (Phi) is 3.66. The van der Waals surface area contributed by atoms with Crippen molar-refractivity contribution in [1.82, 2.24) is 0 Å². The minimum absolute atomic E-state index is 0.0706. The molecule has 98 valence electrons. The molecule has 1 N–H and O–H groups in total. The third kappa shape index (κ3) is 2.66. The summed E-state index contributed by atoms with van der Waals surface area (Å²) in [7, 11) is 0. The first-order valence-electron chi connectivity index (χ1n) is 5.45. The molecule has 0 aliphatic carbocycles. The summed E-state index contributed by atoms with van der Waals surface area (Å²) in [5.41, 5.74) is 0.812. The van der Waals surface area contributed by atoms with Crippen molar-refractivity contribution in [3.63, 3.8) is 0 Å². The molecule has 0 unspecified atom stereocenters. The molecular weight excluding hydrogens is 271 g/mol. The fraction of sp³-hybridized carbons (Fsp3) is 0.0769. The van der Waals surface area contributed by atoms with Crippen molar-refractivity contribution in [1.29, 1.82) is 0 Å². The highest BCUT2D eigenvalue weighted by molar-refractivity contribution is 6.33. The van der Waals surface area contributed by atoms with E-state index in [0.717, 1.165) is 11.6 Å². The molecule has 0 aromatic heterocycles. The van der Waals surface area contributed by atoms with E-state index in [1.54, 1.807) is 25.1 Å². The van der Waals surface area contributed by atoms with Crippen LogP contribution in [0.2, 0.25) is 5.02 Å². The SMILES string of the molecule is Cc1cccc(Cl)c1Nc1cccc(F)c1[N+](=O)[O-]. The maximum atomic E-state index is 13.5. The molecule has 0 radical (unpaired) electrons. The fourth-order valence-electron chi connectivity index (χ4n) is 1.73. The van der Waals surface area contributed by atoms with Crippen LogP contribution >= 0.6 is 11.6 Å². The van der Waals surface area contributed by atoms with Gasteiger partial charge in [-0.3, -0.25) is 10.1 Å². The number of nitro groups is 1. The number of aryl methyl sites for hydroxylation is 1. The lowest BCUT2D eigenvalue weighted by molar-refractivity contribution is -0.386. The van der Waals surface area contributed by atoms with E-state index in [1.807, 2.05) is 0 Å². The Morgan fingerprint density at radius 3 is 2.58 bits per heavy atom. The van der Waals surface area contributed by atoms with Crippen molar-refractivity contribution >= 4 is 28.7 Å². The second kappa shape index (κ2) is 5.24. The first-order chi connectivity index (χ1) is 9.00. The molecule has 0 atom stereocenters. The Hall–Kier alpha value is -2.14.